The minimum absolute atomic E-state index is 0.334. The van der Waals surface area contributed by atoms with Crippen LogP contribution in [0.5, 0.6) is 0 Å². The van der Waals surface area contributed by atoms with Crippen LogP contribution in [0.15, 0.2) is 36.4 Å². The fourth-order valence-electron chi connectivity index (χ4n) is 3.61. The van der Waals surface area contributed by atoms with Crippen molar-refractivity contribution in [2.45, 2.75) is 24.9 Å². The van der Waals surface area contributed by atoms with Gasteiger partial charge in [0.15, 0.2) is 6.10 Å². The highest BCUT2D eigenvalue weighted by Crippen LogP contribution is 2.38. The van der Waals surface area contributed by atoms with Crippen LogP contribution in [0.25, 0.3) is 0 Å². The highest BCUT2D eigenvalue weighted by Gasteiger charge is 2.44. The van der Waals surface area contributed by atoms with Gasteiger partial charge in [0.1, 0.15) is 12.5 Å². The van der Waals surface area contributed by atoms with Crippen molar-refractivity contribution in [3.05, 3.63) is 62.6 Å². The van der Waals surface area contributed by atoms with Crippen LogP contribution in [0.3, 0.4) is 0 Å². The van der Waals surface area contributed by atoms with E-state index in [9.17, 15) is 14.4 Å². The van der Waals surface area contributed by atoms with E-state index in [-0.39, 0.29) is 0 Å². The molecule has 2 unspecified atom stereocenters. The second kappa shape index (κ2) is 10.5. The van der Waals surface area contributed by atoms with Gasteiger partial charge < -0.3 is 20.1 Å². The Balaban J connectivity index is 1.75. The number of hydrogen-bond donors (Lipinski definition) is 2. The van der Waals surface area contributed by atoms with E-state index >= 15 is 0 Å². The minimum Gasteiger partial charge on any atom is -0.480 e. The second-order valence-corrected chi connectivity index (χ2v) is 8.60. The minimum atomic E-state index is -1.28. The second-order valence-electron chi connectivity index (χ2n) is 7.35. The molecular weight excluding hydrogens is 479 g/mol. The molecule has 2 N–H and O–H groups in total. The van der Waals surface area contributed by atoms with Crippen LogP contribution in [-0.4, -0.2) is 49.2 Å². The molecule has 0 spiro atoms. The number of carbonyl (C=O) groups is 3. The summed E-state index contributed by atoms with van der Waals surface area (Å²) < 4.78 is 5.34. The molecule has 0 saturated heterocycles. The SMILES string of the molecule is CN1C(=O)C(OCC(=O)O)C(C(=O)NCCCc2ccc(Cl)c(Cl)c2)c2cc(Cl)ccc21. The van der Waals surface area contributed by atoms with Crippen molar-refractivity contribution in [1.82, 2.24) is 5.32 Å². The molecule has 1 aliphatic heterocycles. The molecule has 1 aliphatic rings. The van der Waals surface area contributed by atoms with Crippen LogP contribution in [0.4, 0.5) is 5.69 Å². The van der Waals surface area contributed by atoms with Crippen molar-refractivity contribution >= 4 is 58.3 Å². The van der Waals surface area contributed by atoms with Gasteiger partial charge in [-0.15, -0.1) is 0 Å². The molecule has 0 aliphatic carbocycles. The van der Waals surface area contributed by atoms with Crippen LogP contribution in [-0.2, 0) is 25.5 Å². The summed E-state index contributed by atoms with van der Waals surface area (Å²) in [5.41, 5.74) is 1.99. The zero-order chi connectivity index (χ0) is 23.4. The molecule has 32 heavy (non-hydrogen) atoms. The molecule has 0 radical (unpaired) electrons. The van der Waals surface area contributed by atoms with E-state index in [1.54, 1.807) is 30.3 Å². The number of anilines is 1. The first-order valence-corrected chi connectivity index (χ1v) is 10.9. The highest BCUT2D eigenvalue weighted by atomic mass is 35.5. The molecule has 0 aromatic heterocycles. The smallest absolute Gasteiger partial charge is 0.329 e. The lowest BCUT2D eigenvalue weighted by Crippen LogP contribution is -2.51. The number of amides is 2. The van der Waals surface area contributed by atoms with Crippen LogP contribution in [0.1, 0.15) is 23.5 Å². The molecule has 2 aromatic carbocycles. The van der Waals surface area contributed by atoms with Crippen molar-refractivity contribution in [2.75, 3.05) is 25.1 Å². The maximum Gasteiger partial charge on any atom is 0.329 e. The molecule has 2 atom stereocenters. The lowest BCUT2D eigenvalue weighted by Gasteiger charge is -2.36. The predicted octanol–water partition coefficient (Wildman–Crippen LogP) is 3.93. The molecule has 2 amide bonds. The standard InChI is InChI=1S/C22H21Cl3N2O5/c1-27-17-7-5-13(23)10-14(17)19(20(22(27)31)32-11-18(28)29)21(30)26-8-2-3-12-4-6-15(24)16(25)9-12/h4-7,9-10,19-20H,2-3,8,11H2,1H3,(H,26,30)(H,28,29). The Bertz CT molecular complexity index is 1050. The number of rotatable bonds is 8. The first-order valence-electron chi connectivity index (χ1n) is 9.81. The van der Waals surface area contributed by atoms with Crippen LogP contribution in [0.2, 0.25) is 15.1 Å². The van der Waals surface area contributed by atoms with Crippen molar-refractivity contribution in [2.24, 2.45) is 0 Å². The van der Waals surface area contributed by atoms with Crippen molar-refractivity contribution in [3.63, 3.8) is 0 Å². The predicted molar refractivity (Wildman–Crippen MR) is 123 cm³/mol. The summed E-state index contributed by atoms with van der Waals surface area (Å²) in [6, 6.07) is 10.2. The third-order valence-electron chi connectivity index (χ3n) is 5.16. The maximum absolute atomic E-state index is 13.1. The number of hydrogen-bond acceptors (Lipinski definition) is 4. The number of halogens is 3. The lowest BCUT2D eigenvalue weighted by atomic mass is 9.86. The number of fused-ring (bicyclic) bond motifs is 1. The Morgan fingerprint density at radius 1 is 1.12 bits per heavy atom. The first-order chi connectivity index (χ1) is 15.2. The molecule has 0 saturated carbocycles. The zero-order valence-electron chi connectivity index (χ0n) is 17.1. The summed E-state index contributed by atoms with van der Waals surface area (Å²) in [5.74, 6) is -3.22. The van der Waals surface area contributed by atoms with E-state index < -0.39 is 36.4 Å². The number of aliphatic carboxylic acids is 1. The van der Waals surface area contributed by atoms with Gasteiger partial charge in [0.2, 0.25) is 5.91 Å². The maximum atomic E-state index is 13.1. The summed E-state index contributed by atoms with van der Waals surface area (Å²) >= 11 is 18.1. The van der Waals surface area contributed by atoms with Gasteiger partial charge in [-0.25, -0.2) is 4.79 Å². The average molecular weight is 500 g/mol. The highest BCUT2D eigenvalue weighted by molar-refractivity contribution is 6.42. The summed E-state index contributed by atoms with van der Waals surface area (Å²) in [5, 5.41) is 13.1. The van der Waals surface area contributed by atoms with Gasteiger partial charge in [0.05, 0.1) is 10.0 Å². The molecule has 170 valence electrons. The summed E-state index contributed by atoms with van der Waals surface area (Å²) in [4.78, 5) is 38.3. The number of carboxylic acids is 1. The van der Waals surface area contributed by atoms with Crippen molar-refractivity contribution in [1.29, 1.82) is 0 Å². The number of carboxylic acid groups (broad SMARTS) is 1. The van der Waals surface area contributed by atoms with Gasteiger partial charge in [-0.1, -0.05) is 40.9 Å². The number of ether oxygens (including phenoxy) is 1. The number of nitrogens with one attached hydrogen (secondary N) is 1. The number of nitrogens with zero attached hydrogens (tertiary/aromatic N) is 1. The number of aryl methyl sites for hydroxylation is 1. The topological polar surface area (TPSA) is 95.9 Å². The van der Waals surface area contributed by atoms with Crippen LogP contribution >= 0.6 is 34.8 Å². The first kappa shape index (κ1) is 24.3. The number of benzene rings is 2. The van der Waals surface area contributed by atoms with E-state index in [1.165, 1.54) is 11.9 Å². The third-order valence-corrected chi connectivity index (χ3v) is 6.13. The molecule has 3 rings (SSSR count). The number of likely N-dealkylation sites (N-methyl/N-ethyl adjacent to an activating group) is 1. The van der Waals surface area contributed by atoms with E-state index in [2.05, 4.69) is 5.32 Å². The number of carbonyl (C=O) groups excluding carboxylic acids is 2. The molecule has 10 heteroatoms. The van der Waals surface area contributed by atoms with E-state index in [0.717, 1.165) is 5.56 Å². The lowest BCUT2D eigenvalue weighted by molar-refractivity contribution is -0.151. The molecule has 7 nitrogen and oxygen atoms in total. The average Bonchev–Trinajstić information content (AvgIpc) is 2.74. The fourth-order valence-corrected chi connectivity index (χ4v) is 4.11. The molecule has 1 heterocycles. The Kier molecular flexibility index (Phi) is 8.00. The van der Waals surface area contributed by atoms with E-state index in [0.29, 0.717) is 45.7 Å². The van der Waals surface area contributed by atoms with Crippen LogP contribution in [0, 0.1) is 0 Å². The molecule has 2 aromatic rings. The van der Waals surface area contributed by atoms with E-state index in [4.69, 9.17) is 44.6 Å². The largest absolute Gasteiger partial charge is 0.480 e. The van der Waals surface area contributed by atoms with Gasteiger partial charge in [-0.05, 0) is 54.3 Å². The van der Waals surface area contributed by atoms with Gasteiger partial charge >= 0.3 is 5.97 Å². The van der Waals surface area contributed by atoms with Gasteiger partial charge in [-0.3, -0.25) is 9.59 Å². The Morgan fingerprint density at radius 2 is 1.88 bits per heavy atom. The molecular formula is C22H21Cl3N2O5. The summed E-state index contributed by atoms with van der Waals surface area (Å²) in [6.45, 7) is -0.373. The fraction of sp³-hybridized carbons (Fsp3) is 0.318. The van der Waals surface area contributed by atoms with Gasteiger partial charge in [-0.2, -0.15) is 0 Å². The Hall–Kier alpha value is -2.32. The zero-order valence-corrected chi connectivity index (χ0v) is 19.4. The normalized spacial score (nSPS) is 17.8. The monoisotopic (exact) mass is 498 g/mol. The molecule has 0 bridgehead atoms. The Morgan fingerprint density at radius 3 is 2.56 bits per heavy atom. The van der Waals surface area contributed by atoms with Gasteiger partial charge in [0, 0.05) is 24.3 Å². The van der Waals surface area contributed by atoms with Gasteiger partial charge in [0.25, 0.3) is 5.91 Å². The third kappa shape index (κ3) is 5.53. The molecule has 0 fully saturated rings. The van der Waals surface area contributed by atoms with Crippen molar-refractivity contribution < 1.29 is 24.2 Å². The van der Waals surface area contributed by atoms with Crippen molar-refractivity contribution in [3.8, 4) is 0 Å². The van der Waals surface area contributed by atoms with E-state index in [1.807, 2.05) is 6.07 Å². The Labute approximate surface area is 200 Å². The quantitative estimate of drug-likeness (QED) is 0.537. The van der Waals surface area contributed by atoms with Crippen LogP contribution < -0.4 is 10.2 Å². The summed E-state index contributed by atoms with van der Waals surface area (Å²) in [7, 11) is 1.54. The summed E-state index contributed by atoms with van der Waals surface area (Å²) in [6.07, 6.45) is -0.00445.